The summed E-state index contributed by atoms with van der Waals surface area (Å²) in [6, 6.07) is 9.58. The lowest BCUT2D eigenvalue weighted by Gasteiger charge is -2.33. The highest BCUT2D eigenvalue weighted by molar-refractivity contribution is 8.26. The molecule has 2 aliphatic heterocycles. The third-order valence-corrected chi connectivity index (χ3v) is 5.52. The molecule has 0 saturated carbocycles. The fraction of sp³-hybridized carbons (Fsp3) is 0.278. The smallest absolute Gasteiger partial charge is 0.281 e. The van der Waals surface area contributed by atoms with Crippen LogP contribution in [0.1, 0.15) is 5.69 Å². The summed E-state index contributed by atoms with van der Waals surface area (Å²) in [4.78, 5) is 18.0. The number of carbonyl (C=O) groups excluding carboxylic acids is 1. The number of benzene rings is 1. The summed E-state index contributed by atoms with van der Waals surface area (Å²) in [5, 5.41) is 4.52. The van der Waals surface area contributed by atoms with Gasteiger partial charge in [-0.05, 0) is 30.3 Å². The monoisotopic (exact) mass is 387 g/mol. The molecule has 0 spiro atoms. The van der Waals surface area contributed by atoms with Crippen molar-refractivity contribution in [3.05, 3.63) is 40.9 Å². The van der Waals surface area contributed by atoms with E-state index in [4.69, 9.17) is 21.7 Å². The second-order valence-electron chi connectivity index (χ2n) is 5.85. The van der Waals surface area contributed by atoms with Gasteiger partial charge in [0.25, 0.3) is 5.91 Å². The minimum Gasteiger partial charge on any atom is -0.497 e. The largest absolute Gasteiger partial charge is 0.497 e. The summed E-state index contributed by atoms with van der Waals surface area (Å²) in [5.74, 6) is 0.692. The molecule has 26 heavy (non-hydrogen) atoms. The predicted molar refractivity (Wildman–Crippen MR) is 106 cm³/mol. The molecule has 1 aromatic heterocycles. The zero-order valence-electron chi connectivity index (χ0n) is 14.2. The summed E-state index contributed by atoms with van der Waals surface area (Å²) in [6.45, 7) is 2.53. The van der Waals surface area contributed by atoms with E-state index in [1.54, 1.807) is 18.2 Å². The summed E-state index contributed by atoms with van der Waals surface area (Å²) >= 11 is 6.71. The SMILES string of the molecule is COc1ccc2nc(/C=C3\SC(=S)N(N4CCOCC4)C3=O)ccc2c1. The molecule has 0 atom stereocenters. The van der Waals surface area contributed by atoms with E-state index in [1.807, 2.05) is 35.3 Å². The number of fused-ring (bicyclic) bond motifs is 1. The van der Waals surface area contributed by atoms with E-state index in [1.165, 1.54) is 11.8 Å². The number of ether oxygens (including phenoxy) is 2. The van der Waals surface area contributed by atoms with Crippen molar-refractivity contribution in [2.45, 2.75) is 0 Å². The quantitative estimate of drug-likeness (QED) is 0.593. The lowest BCUT2D eigenvalue weighted by Crippen LogP contribution is -2.50. The first-order valence-corrected chi connectivity index (χ1v) is 9.43. The van der Waals surface area contributed by atoms with Gasteiger partial charge in [-0.25, -0.2) is 15.0 Å². The molecule has 1 amide bonds. The molecule has 0 bridgehead atoms. The van der Waals surface area contributed by atoms with Crippen molar-refractivity contribution in [3.63, 3.8) is 0 Å². The number of hydrogen-bond donors (Lipinski definition) is 0. The number of rotatable bonds is 3. The van der Waals surface area contributed by atoms with Crippen molar-refractivity contribution in [2.24, 2.45) is 0 Å². The van der Waals surface area contributed by atoms with Crippen LogP contribution in [-0.2, 0) is 9.53 Å². The third kappa shape index (κ3) is 3.33. The first kappa shape index (κ1) is 17.4. The molecule has 6 nitrogen and oxygen atoms in total. The normalized spacial score (nSPS) is 20.3. The molecule has 2 saturated heterocycles. The number of methoxy groups -OCH3 is 1. The first-order chi connectivity index (χ1) is 12.7. The van der Waals surface area contributed by atoms with Gasteiger partial charge in [-0.1, -0.05) is 30.0 Å². The van der Waals surface area contributed by atoms with Crippen molar-refractivity contribution >= 4 is 51.2 Å². The van der Waals surface area contributed by atoms with E-state index >= 15 is 0 Å². The van der Waals surface area contributed by atoms with Gasteiger partial charge in [-0.3, -0.25) is 4.79 Å². The summed E-state index contributed by atoms with van der Waals surface area (Å²) in [6.07, 6.45) is 1.80. The predicted octanol–water partition coefficient (Wildman–Crippen LogP) is 2.69. The highest BCUT2D eigenvalue weighted by atomic mass is 32.2. The number of carbonyl (C=O) groups is 1. The van der Waals surface area contributed by atoms with Crippen LogP contribution in [0, 0.1) is 0 Å². The Morgan fingerprint density at radius 3 is 2.85 bits per heavy atom. The standard InChI is InChI=1S/C18H17N3O3S2/c1-23-14-4-5-15-12(10-14)2-3-13(19-15)11-16-17(22)21(18(25)26-16)20-6-8-24-9-7-20/h2-5,10-11H,6-9H2,1H3/b16-11-. The lowest BCUT2D eigenvalue weighted by molar-refractivity contribution is -0.138. The van der Waals surface area contributed by atoms with Crippen LogP contribution in [-0.4, -0.2) is 58.6 Å². The molecule has 8 heteroatoms. The third-order valence-electron chi connectivity index (χ3n) is 4.24. The lowest BCUT2D eigenvalue weighted by atomic mass is 10.2. The Morgan fingerprint density at radius 1 is 1.27 bits per heavy atom. The molecule has 2 fully saturated rings. The fourth-order valence-electron chi connectivity index (χ4n) is 2.92. The minimum atomic E-state index is -0.0986. The highest BCUT2D eigenvalue weighted by Gasteiger charge is 2.37. The maximum atomic E-state index is 12.8. The minimum absolute atomic E-state index is 0.0986. The molecule has 1 aromatic carbocycles. The molecule has 0 unspecified atom stereocenters. The molecule has 0 radical (unpaired) electrons. The Labute approximate surface area is 160 Å². The molecule has 2 aromatic rings. The molecule has 0 N–H and O–H groups in total. The number of thioether (sulfide) groups is 1. The van der Waals surface area contributed by atoms with E-state index in [2.05, 4.69) is 4.98 Å². The van der Waals surface area contributed by atoms with E-state index in [0.29, 0.717) is 35.5 Å². The molecular weight excluding hydrogens is 370 g/mol. The number of amides is 1. The number of nitrogens with zero attached hydrogens (tertiary/aromatic N) is 3. The van der Waals surface area contributed by atoms with Crippen molar-refractivity contribution in [1.82, 2.24) is 15.0 Å². The van der Waals surface area contributed by atoms with Gasteiger partial charge < -0.3 is 9.47 Å². The number of hydrazine groups is 1. The summed E-state index contributed by atoms with van der Waals surface area (Å²) in [7, 11) is 1.64. The van der Waals surface area contributed by atoms with Crippen LogP contribution in [0.5, 0.6) is 5.75 Å². The van der Waals surface area contributed by atoms with Crippen LogP contribution in [0.15, 0.2) is 35.2 Å². The first-order valence-electron chi connectivity index (χ1n) is 8.21. The molecule has 4 rings (SSSR count). The van der Waals surface area contributed by atoms with Gasteiger partial charge in [-0.15, -0.1) is 0 Å². The average Bonchev–Trinajstić information content (AvgIpc) is 2.95. The van der Waals surface area contributed by atoms with Crippen molar-refractivity contribution in [1.29, 1.82) is 0 Å². The molecule has 134 valence electrons. The molecule has 2 aliphatic rings. The highest BCUT2D eigenvalue weighted by Crippen LogP contribution is 2.34. The topological polar surface area (TPSA) is 54.9 Å². The second-order valence-corrected chi connectivity index (χ2v) is 7.53. The second kappa shape index (κ2) is 7.32. The van der Waals surface area contributed by atoms with Crippen LogP contribution < -0.4 is 4.74 Å². The van der Waals surface area contributed by atoms with Crippen molar-refractivity contribution in [3.8, 4) is 5.75 Å². The Hall–Kier alpha value is -2.00. The Morgan fingerprint density at radius 2 is 2.08 bits per heavy atom. The van der Waals surface area contributed by atoms with Gasteiger partial charge in [0, 0.05) is 18.5 Å². The molecule has 0 aliphatic carbocycles. The van der Waals surface area contributed by atoms with Gasteiger partial charge in [0.05, 0.1) is 36.4 Å². The van der Waals surface area contributed by atoms with E-state index in [0.717, 1.165) is 22.3 Å². The summed E-state index contributed by atoms with van der Waals surface area (Å²) in [5.41, 5.74) is 1.58. The van der Waals surface area contributed by atoms with E-state index < -0.39 is 0 Å². The molecule has 3 heterocycles. The molecular formula is C18H17N3O3S2. The maximum absolute atomic E-state index is 12.8. The number of morpholine rings is 1. The van der Waals surface area contributed by atoms with Gasteiger partial charge in [0.1, 0.15) is 5.75 Å². The van der Waals surface area contributed by atoms with E-state index in [9.17, 15) is 4.79 Å². The van der Waals surface area contributed by atoms with Gasteiger partial charge >= 0.3 is 0 Å². The number of hydrogen-bond acceptors (Lipinski definition) is 7. The average molecular weight is 387 g/mol. The van der Waals surface area contributed by atoms with Gasteiger partial charge in [-0.2, -0.15) is 0 Å². The zero-order chi connectivity index (χ0) is 18.1. The van der Waals surface area contributed by atoms with Crippen molar-refractivity contribution in [2.75, 3.05) is 33.4 Å². The Kier molecular flexibility index (Phi) is 4.90. The maximum Gasteiger partial charge on any atom is 0.281 e. The van der Waals surface area contributed by atoms with Crippen LogP contribution in [0.25, 0.3) is 17.0 Å². The van der Waals surface area contributed by atoms with E-state index in [-0.39, 0.29) is 5.91 Å². The number of pyridine rings is 1. The number of aromatic nitrogens is 1. The van der Waals surface area contributed by atoms with Crippen LogP contribution in [0.2, 0.25) is 0 Å². The van der Waals surface area contributed by atoms with Crippen LogP contribution in [0.4, 0.5) is 0 Å². The van der Waals surface area contributed by atoms with Gasteiger partial charge in [0.15, 0.2) is 4.32 Å². The van der Waals surface area contributed by atoms with Crippen LogP contribution in [0.3, 0.4) is 0 Å². The van der Waals surface area contributed by atoms with Crippen molar-refractivity contribution < 1.29 is 14.3 Å². The number of thiocarbonyl (C=S) groups is 1. The van der Waals surface area contributed by atoms with Crippen LogP contribution >= 0.6 is 24.0 Å². The fourth-order valence-corrected chi connectivity index (χ4v) is 4.21. The Balaban J connectivity index is 1.60. The Bertz CT molecular complexity index is 910. The van der Waals surface area contributed by atoms with Gasteiger partial charge in [0.2, 0.25) is 0 Å². The summed E-state index contributed by atoms with van der Waals surface area (Å²) < 4.78 is 11.1. The zero-order valence-corrected chi connectivity index (χ0v) is 15.8.